The van der Waals surface area contributed by atoms with Gasteiger partial charge in [-0.1, -0.05) is 18.2 Å². The number of ether oxygens (including phenoxy) is 2. The maximum atomic E-state index is 5.29. The van der Waals surface area contributed by atoms with Gasteiger partial charge in [-0.2, -0.15) is 0 Å². The fourth-order valence-corrected chi connectivity index (χ4v) is 1.43. The topological polar surface area (TPSA) is 40.0 Å². The van der Waals surface area contributed by atoms with Gasteiger partial charge in [-0.05, 0) is 11.2 Å². The first-order chi connectivity index (χ1) is 6.86. The monoisotopic (exact) mass is 193 g/mol. The molecule has 1 aromatic rings. The molecule has 1 aliphatic heterocycles. The highest BCUT2D eigenvalue weighted by Gasteiger charge is 2.27. The van der Waals surface area contributed by atoms with E-state index in [2.05, 4.69) is 5.16 Å². The average molecular weight is 193 g/mol. The number of fused-ring (bicyclic) bond motifs is 1. The van der Waals surface area contributed by atoms with Crippen LogP contribution < -0.4 is 4.84 Å². The summed E-state index contributed by atoms with van der Waals surface area (Å²) in [5.74, 6) is 1.14. The summed E-state index contributed by atoms with van der Waals surface area (Å²) in [6.45, 7) is 0. The molecule has 1 unspecified atom stereocenters. The second kappa shape index (κ2) is 3.67. The van der Waals surface area contributed by atoms with Gasteiger partial charge in [-0.15, -0.1) is 0 Å². The number of hydrogen-bond acceptors (Lipinski definition) is 4. The summed E-state index contributed by atoms with van der Waals surface area (Å²) in [7, 11) is 3.16. The van der Waals surface area contributed by atoms with Gasteiger partial charge in [0.05, 0.1) is 7.11 Å². The molecular formula is C10H11NO3. The molecule has 4 nitrogen and oxygen atoms in total. The highest BCUT2D eigenvalue weighted by atomic mass is 16.7. The van der Waals surface area contributed by atoms with Crippen LogP contribution in [0.3, 0.4) is 0 Å². The molecule has 1 aromatic carbocycles. The number of hydrogen-bond donors (Lipinski definition) is 0. The van der Waals surface area contributed by atoms with Crippen LogP contribution in [-0.4, -0.2) is 20.1 Å². The molecule has 0 fully saturated rings. The van der Waals surface area contributed by atoms with Crippen LogP contribution in [0.25, 0.3) is 0 Å². The van der Waals surface area contributed by atoms with E-state index in [0.717, 1.165) is 5.56 Å². The summed E-state index contributed by atoms with van der Waals surface area (Å²) in [6.07, 6.45) is -0.273. The second-order valence-corrected chi connectivity index (χ2v) is 2.88. The molecule has 0 aromatic heterocycles. The van der Waals surface area contributed by atoms with Crippen molar-refractivity contribution in [3.8, 4) is 5.75 Å². The third kappa shape index (κ3) is 1.33. The van der Waals surface area contributed by atoms with Gasteiger partial charge < -0.3 is 14.3 Å². The number of nitrogens with zero attached hydrogens (tertiary/aromatic N) is 1. The number of para-hydroxylation sites is 1. The lowest BCUT2D eigenvalue weighted by molar-refractivity contribution is 0.115. The lowest BCUT2D eigenvalue weighted by atomic mass is 10.1. The zero-order valence-electron chi connectivity index (χ0n) is 8.06. The van der Waals surface area contributed by atoms with Crippen molar-refractivity contribution < 1.29 is 14.3 Å². The number of rotatable bonds is 1. The fraction of sp³-hybridized carbons (Fsp3) is 0.300. The Balaban J connectivity index is 2.41. The summed E-state index contributed by atoms with van der Waals surface area (Å²) in [6, 6.07) is 7.58. The normalized spacial score (nSPS) is 19.3. The summed E-state index contributed by atoms with van der Waals surface area (Å²) in [4.78, 5) is 5.14. The molecule has 1 atom stereocenters. The van der Waals surface area contributed by atoms with E-state index in [9.17, 15) is 0 Å². The zero-order valence-corrected chi connectivity index (χ0v) is 8.06. The lowest BCUT2D eigenvalue weighted by Crippen LogP contribution is -2.21. The van der Waals surface area contributed by atoms with Crippen LogP contribution in [-0.2, 0) is 9.47 Å². The highest BCUT2D eigenvalue weighted by Crippen LogP contribution is 2.32. The molecule has 0 aliphatic carbocycles. The lowest BCUT2D eigenvalue weighted by Gasteiger charge is -2.22. The van der Waals surface area contributed by atoms with Crippen molar-refractivity contribution in [1.82, 2.24) is 0 Å². The Hall–Kier alpha value is -1.55. The Morgan fingerprint density at radius 3 is 2.79 bits per heavy atom. The molecule has 14 heavy (non-hydrogen) atoms. The van der Waals surface area contributed by atoms with E-state index in [1.165, 1.54) is 0 Å². The van der Waals surface area contributed by atoms with Gasteiger partial charge in [-0.25, -0.2) is 0 Å². The molecule has 0 N–H and O–H groups in total. The molecule has 1 aliphatic rings. The summed E-state index contributed by atoms with van der Waals surface area (Å²) < 4.78 is 10.3. The minimum atomic E-state index is -0.273. The van der Waals surface area contributed by atoms with E-state index in [-0.39, 0.29) is 6.10 Å². The predicted molar refractivity (Wildman–Crippen MR) is 51.3 cm³/mol. The molecule has 4 heteroatoms. The Morgan fingerprint density at radius 2 is 2.07 bits per heavy atom. The van der Waals surface area contributed by atoms with E-state index in [0.29, 0.717) is 11.6 Å². The Kier molecular flexibility index (Phi) is 2.37. The molecule has 0 saturated heterocycles. The van der Waals surface area contributed by atoms with Crippen LogP contribution >= 0.6 is 0 Å². The van der Waals surface area contributed by atoms with Crippen molar-refractivity contribution in [2.75, 3.05) is 14.2 Å². The summed E-state index contributed by atoms with van der Waals surface area (Å²) >= 11 is 0. The average Bonchev–Trinajstić information content (AvgIpc) is 2.27. The fourth-order valence-electron chi connectivity index (χ4n) is 1.43. The molecule has 74 valence electrons. The van der Waals surface area contributed by atoms with Crippen molar-refractivity contribution >= 4 is 5.90 Å². The van der Waals surface area contributed by atoms with E-state index in [1.54, 1.807) is 14.2 Å². The van der Waals surface area contributed by atoms with E-state index < -0.39 is 0 Å². The first-order valence-corrected chi connectivity index (χ1v) is 4.27. The molecule has 0 amide bonds. The predicted octanol–water partition coefficient (Wildman–Crippen LogP) is 1.73. The van der Waals surface area contributed by atoms with Crippen molar-refractivity contribution in [2.24, 2.45) is 5.16 Å². The van der Waals surface area contributed by atoms with Gasteiger partial charge in [0.15, 0.2) is 11.9 Å². The summed E-state index contributed by atoms with van der Waals surface area (Å²) in [5, 5.41) is 3.81. The number of methoxy groups -OCH3 is 2. The quantitative estimate of drug-likeness (QED) is 0.681. The zero-order chi connectivity index (χ0) is 9.97. The molecule has 1 heterocycles. The molecule has 0 bridgehead atoms. The van der Waals surface area contributed by atoms with Crippen LogP contribution in [0.2, 0.25) is 0 Å². The van der Waals surface area contributed by atoms with Gasteiger partial charge in [0.1, 0.15) is 0 Å². The van der Waals surface area contributed by atoms with Gasteiger partial charge in [0.2, 0.25) is 0 Å². The second-order valence-electron chi connectivity index (χ2n) is 2.88. The minimum absolute atomic E-state index is 0.273. The summed E-state index contributed by atoms with van der Waals surface area (Å²) in [5.41, 5.74) is 0.932. The minimum Gasteiger partial charge on any atom is -0.480 e. The van der Waals surface area contributed by atoms with Crippen molar-refractivity contribution in [1.29, 1.82) is 0 Å². The van der Waals surface area contributed by atoms with Crippen LogP contribution in [0.4, 0.5) is 0 Å². The van der Waals surface area contributed by atoms with Gasteiger partial charge in [0.25, 0.3) is 5.90 Å². The van der Waals surface area contributed by atoms with E-state index in [1.807, 2.05) is 24.3 Å². The van der Waals surface area contributed by atoms with Crippen LogP contribution in [0.1, 0.15) is 11.7 Å². The molecule has 0 radical (unpaired) electrons. The largest absolute Gasteiger partial charge is 0.480 e. The van der Waals surface area contributed by atoms with Crippen LogP contribution in [0.15, 0.2) is 29.4 Å². The Bertz CT molecular complexity index is 362. The van der Waals surface area contributed by atoms with Gasteiger partial charge >= 0.3 is 0 Å². The maximum absolute atomic E-state index is 5.29. The Labute approximate surface area is 82.1 Å². The van der Waals surface area contributed by atoms with Crippen molar-refractivity contribution in [3.05, 3.63) is 29.8 Å². The highest BCUT2D eigenvalue weighted by molar-refractivity contribution is 5.83. The van der Waals surface area contributed by atoms with Crippen LogP contribution in [0.5, 0.6) is 5.75 Å². The third-order valence-electron chi connectivity index (χ3n) is 2.10. The number of benzene rings is 1. The third-order valence-corrected chi connectivity index (χ3v) is 2.10. The van der Waals surface area contributed by atoms with Crippen molar-refractivity contribution in [3.63, 3.8) is 0 Å². The molecule has 0 spiro atoms. The van der Waals surface area contributed by atoms with E-state index >= 15 is 0 Å². The molecule has 0 saturated carbocycles. The van der Waals surface area contributed by atoms with Gasteiger partial charge in [-0.3, -0.25) is 0 Å². The molecule has 2 rings (SSSR count). The number of oxime groups is 1. The SMILES string of the molecule is COC1=NOc2ccccc2C1OC. The standard InChI is InChI=1S/C10H11NO3/c1-12-9-7-5-3-4-6-8(7)14-11-10(9)13-2/h3-6,9H,1-2H3. The maximum Gasteiger partial charge on any atom is 0.260 e. The first kappa shape index (κ1) is 9.02. The first-order valence-electron chi connectivity index (χ1n) is 4.27. The van der Waals surface area contributed by atoms with Gasteiger partial charge in [0, 0.05) is 12.7 Å². The van der Waals surface area contributed by atoms with E-state index in [4.69, 9.17) is 14.3 Å². The van der Waals surface area contributed by atoms with Crippen molar-refractivity contribution in [2.45, 2.75) is 6.10 Å². The van der Waals surface area contributed by atoms with Crippen LogP contribution in [0, 0.1) is 0 Å². The Morgan fingerprint density at radius 1 is 1.29 bits per heavy atom. The molecular weight excluding hydrogens is 182 g/mol. The smallest absolute Gasteiger partial charge is 0.260 e.